The molecule has 0 heterocycles. The third-order valence-corrected chi connectivity index (χ3v) is 4.15. The van der Waals surface area contributed by atoms with Crippen molar-refractivity contribution in [1.82, 2.24) is 5.32 Å². The molecule has 1 atom stereocenters. The highest BCUT2D eigenvalue weighted by molar-refractivity contribution is 7.99. The quantitative estimate of drug-likeness (QED) is 0.869. The van der Waals surface area contributed by atoms with Gasteiger partial charge in [0.25, 0.3) is 0 Å². The lowest BCUT2D eigenvalue weighted by Gasteiger charge is -2.15. The predicted molar refractivity (Wildman–Crippen MR) is 85.5 cm³/mol. The first kappa shape index (κ1) is 16.5. The number of benzene rings is 2. The Morgan fingerprint density at radius 2 is 1.91 bits per heavy atom. The van der Waals surface area contributed by atoms with Crippen LogP contribution in [0.25, 0.3) is 0 Å². The highest BCUT2D eigenvalue weighted by Gasteiger charge is 2.14. The summed E-state index contributed by atoms with van der Waals surface area (Å²) in [5, 5.41) is 2.72. The topological polar surface area (TPSA) is 29.1 Å². The first-order valence-electron chi connectivity index (χ1n) is 6.92. The maximum Gasteiger partial charge on any atom is 0.230 e. The molecule has 0 bridgehead atoms. The fourth-order valence-corrected chi connectivity index (χ4v) is 2.85. The summed E-state index contributed by atoms with van der Waals surface area (Å²) in [7, 11) is 0. The van der Waals surface area contributed by atoms with Crippen LogP contribution in [0.5, 0.6) is 0 Å². The lowest BCUT2D eigenvalue weighted by molar-refractivity contribution is -0.119. The van der Waals surface area contributed by atoms with Crippen molar-refractivity contribution >= 4 is 17.7 Å². The molecule has 5 heteroatoms. The van der Waals surface area contributed by atoms with Crippen LogP contribution in [0.15, 0.2) is 48.5 Å². The van der Waals surface area contributed by atoms with Gasteiger partial charge >= 0.3 is 0 Å². The van der Waals surface area contributed by atoms with Crippen LogP contribution in [-0.2, 0) is 10.5 Å². The summed E-state index contributed by atoms with van der Waals surface area (Å²) in [6, 6.07) is 12.7. The Hall–Kier alpha value is -1.88. The molecule has 0 spiro atoms. The lowest BCUT2D eigenvalue weighted by Crippen LogP contribution is -2.28. The van der Waals surface area contributed by atoms with E-state index in [1.807, 2.05) is 30.3 Å². The molecule has 0 aromatic heterocycles. The van der Waals surface area contributed by atoms with Crippen molar-refractivity contribution < 1.29 is 13.6 Å². The van der Waals surface area contributed by atoms with E-state index in [2.05, 4.69) is 5.32 Å². The smallest absolute Gasteiger partial charge is 0.230 e. The zero-order valence-electron chi connectivity index (χ0n) is 12.2. The standard InChI is InChI=1S/C17H17F2NOS/c1-12(15-8-7-14(18)9-16(15)19)20-17(21)11-22-10-13-5-3-2-4-6-13/h2-9,12H,10-11H2,1H3,(H,20,21)/t12-/m1/s1. The molecule has 0 radical (unpaired) electrons. The van der Waals surface area contributed by atoms with Crippen molar-refractivity contribution in [3.8, 4) is 0 Å². The second-order valence-electron chi connectivity index (χ2n) is 4.93. The first-order valence-corrected chi connectivity index (χ1v) is 8.07. The number of carbonyl (C=O) groups is 1. The summed E-state index contributed by atoms with van der Waals surface area (Å²) in [5.74, 6) is -0.407. The summed E-state index contributed by atoms with van der Waals surface area (Å²) in [5.41, 5.74) is 1.43. The largest absolute Gasteiger partial charge is 0.349 e. The Bertz CT molecular complexity index is 634. The average Bonchev–Trinajstić information content (AvgIpc) is 2.48. The van der Waals surface area contributed by atoms with Gasteiger partial charge in [0.05, 0.1) is 11.8 Å². The molecular weight excluding hydrogens is 304 g/mol. The van der Waals surface area contributed by atoms with Gasteiger partial charge in [0.2, 0.25) is 5.91 Å². The Morgan fingerprint density at radius 1 is 1.18 bits per heavy atom. The monoisotopic (exact) mass is 321 g/mol. The number of nitrogens with one attached hydrogen (secondary N) is 1. The Labute approximate surface area is 132 Å². The van der Waals surface area contributed by atoms with E-state index in [9.17, 15) is 13.6 Å². The molecule has 116 valence electrons. The van der Waals surface area contributed by atoms with Gasteiger partial charge in [-0.1, -0.05) is 36.4 Å². The first-order chi connectivity index (χ1) is 10.6. The summed E-state index contributed by atoms with van der Waals surface area (Å²) in [6.07, 6.45) is 0. The van der Waals surface area contributed by atoms with Gasteiger partial charge in [0.1, 0.15) is 11.6 Å². The second-order valence-corrected chi connectivity index (χ2v) is 5.92. The minimum Gasteiger partial charge on any atom is -0.349 e. The number of rotatable bonds is 6. The van der Waals surface area contributed by atoms with E-state index >= 15 is 0 Å². The van der Waals surface area contributed by atoms with Crippen molar-refractivity contribution in [2.24, 2.45) is 0 Å². The molecule has 2 aromatic rings. The van der Waals surface area contributed by atoms with Crippen LogP contribution < -0.4 is 5.32 Å². The van der Waals surface area contributed by atoms with Gasteiger partial charge in [-0.2, -0.15) is 0 Å². The van der Waals surface area contributed by atoms with Gasteiger partial charge in [-0.3, -0.25) is 4.79 Å². The fraction of sp³-hybridized carbons (Fsp3) is 0.235. The van der Waals surface area contributed by atoms with Crippen LogP contribution in [0.4, 0.5) is 8.78 Å². The van der Waals surface area contributed by atoms with Crippen LogP contribution in [0.1, 0.15) is 24.1 Å². The molecular formula is C17H17F2NOS. The summed E-state index contributed by atoms with van der Waals surface area (Å²) >= 11 is 1.49. The third kappa shape index (κ3) is 4.84. The highest BCUT2D eigenvalue weighted by Crippen LogP contribution is 2.18. The van der Waals surface area contributed by atoms with E-state index < -0.39 is 17.7 Å². The predicted octanol–water partition coefficient (Wildman–Crippen LogP) is 4.08. The maximum atomic E-state index is 13.6. The zero-order valence-corrected chi connectivity index (χ0v) is 13.0. The van der Waals surface area contributed by atoms with E-state index in [4.69, 9.17) is 0 Å². The molecule has 2 aromatic carbocycles. The van der Waals surface area contributed by atoms with Crippen molar-refractivity contribution in [2.45, 2.75) is 18.7 Å². The van der Waals surface area contributed by atoms with Gasteiger partial charge in [-0.25, -0.2) is 8.78 Å². The molecule has 0 unspecified atom stereocenters. The van der Waals surface area contributed by atoms with Gasteiger partial charge < -0.3 is 5.32 Å². The number of carbonyl (C=O) groups excluding carboxylic acids is 1. The minimum atomic E-state index is -0.648. The van der Waals surface area contributed by atoms with E-state index in [-0.39, 0.29) is 11.5 Å². The molecule has 2 rings (SSSR count). The number of hydrogen-bond donors (Lipinski definition) is 1. The van der Waals surface area contributed by atoms with Crippen LogP contribution in [0.2, 0.25) is 0 Å². The number of thioether (sulfide) groups is 1. The molecule has 0 aliphatic heterocycles. The number of halogens is 2. The second kappa shape index (κ2) is 7.94. The van der Waals surface area contributed by atoms with Gasteiger partial charge in [0.15, 0.2) is 0 Å². The normalized spacial score (nSPS) is 12.0. The van der Waals surface area contributed by atoms with Crippen LogP contribution in [0, 0.1) is 11.6 Å². The number of amides is 1. The molecule has 1 N–H and O–H groups in total. The number of hydrogen-bond acceptors (Lipinski definition) is 2. The highest BCUT2D eigenvalue weighted by atomic mass is 32.2. The van der Waals surface area contributed by atoms with Gasteiger partial charge in [-0.15, -0.1) is 11.8 Å². The summed E-state index contributed by atoms with van der Waals surface area (Å²) in [4.78, 5) is 11.9. The molecule has 0 saturated carbocycles. The minimum absolute atomic E-state index is 0.169. The van der Waals surface area contributed by atoms with Crippen molar-refractivity contribution in [2.75, 3.05) is 5.75 Å². The fourth-order valence-electron chi connectivity index (χ4n) is 2.05. The zero-order chi connectivity index (χ0) is 15.9. The van der Waals surface area contributed by atoms with Crippen LogP contribution in [-0.4, -0.2) is 11.7 Å². The SMILES string of the molecule is C[C@@H](NC(=O)CSCc1ccccc1)c1ccc(F)cc1F. The Balaban J connectivity index is 1.81. The van der Waals surface area contributed by atoms with E-state index in [0.717, 1.165) is 17.4 Å². The van der Waals surface area contributed by atoms with Crippen molar-refractivity contribution in [3.63, 3.8) is 0 Å². The van der Waals surface area contributed by atoms with Gasteiger partial charge in [-0.05, 0) is 18.6 Å². The molecule has 0 fully saturated rings. The van der Waals surface area contributed by atoms with Crippen LogP contribution >= 0.6 is 11.8 Å². The molecule has 2 nitrogen and oxygen atoms in total. The Morgan fingerprint density at radius 3 is 2.59 bits per heavy atom. The van der Waals surface area contributed by atoms with Crippen molar-refractivity contribution in [1.29, 1.82) is 0 Å². The Kier molecular flexibility index (Phi) is 5.95. The van der Waals surface area contributed by atoms with Crippen molar-refractivity contribution in [3.05, 3.63) is 71.3 Å². The maximum absolute atomic E-state index is 13.6. The van der Waals surface area contributed by atoms with E-state index in [1.54, 1.807) is 6.92 Å². The molecule has 1 amide bonds. The van der Waals surface area contributed by atoms with Crippen LogP contribution in [0.3, 0.4) is 0 Å². The molecule has 0 aliphatic carbocycles. The lowest BCUT2D eigenvalue weighted by atomic mass is 10.1. The molecule has 22 heavy (non-hydrogen) atoms. The third-order valence-electron chi connectivity index (χ3n) is 3.15. The van der Waals surface area contributed by atoms with E-state index in [0.29, 0.717) is 5.75 Å². The summed E-state index contributed by atoms with van der Waals surface area (Å²) in [6.45, 7) is 1.68. The summed E-state index contributed by atoms with van der Waals surface area (Å²) < 4.78 is 26.5. The molecule has 0 aliphatic rings. The van der Waals surface area contributed by atoms with Gasteiger partial charge in [0, 0.05) is 17.4 Å². The average molecular weight is 321 g/mol. The molecule has 0 saturated heterocycles. The van der Waals surface area contributed by atoms with E-state index in [1.165, 1.54) is 23.9 Å².